The smallest absolute Gasteiger partial charge is 0.322 e. The Balaban J connectivity index is 1.50. The summed E-state index contributed by atoms with van der Waals surface area (Å²) in [6, 6.07) is 10.8. The lowest BCUT2D eigenvalue weighted by Gasteiger charge is -2.22. The zero-order valence-electron chi connectivity index (χ0n) is 13.3. The van der Waals surface area contributed by atoms with Crippen molar-refractivity contribution in [1.29, 1.82) is 0 Å². The van der Waals surface area contributed by atoms with Crippen LogP contribution in [-0.4, -0.2) is 17.7 Å². The molecule has 0 aliphatic carbocycles. The average molecular weight is 356 g/mol. The number of hydrogen-bond donors (Lipinski definition) is 1. The SMILES string of the molecule is O=C(Nc1ccc2c(c1)OCO2)N(Cc1ccsc1)Cc1ccco1. The topological polar surface area (TPSA) is 63.9 Å². The Kier molecular flexibility index (Phi) is 4.30. The summed E-state index contributed by atoms with van der Waals surface area (Å²) in [5.41, 5.74) is 1.74. The van der Waals surface area contributed by atoms with Crippen LogP contribution in [0.4, 0.5) is 10.5 Å². The monoisotopic (exact) mass is 356 g/mol. The number of carbonyl (C=O) groups is 1. The van der Waals surface area contributed by atoms with Crippen LogP contribution in [0, 0.1) is 0 Å². The second-order valence-electron chi connectivity index (χ2n) is 5.57. The Morgan fingerprint density at radius 1 is 1.16 bits per heavy atom. The normalized spacial score (nSPS) is 12.2. The third kappa shape index (κ3) is 3.61. The van der Waals surface area contributed by atoms with Gasteiger partial charge in [-0.25, -0.2) is 4.79 Å². The van der Waals surface area contributed by atoms with E-state index in [1.54, 1.807) is 40.7 Å². The van der Waals surface area contributed by atoms with Crippen molar-refractivity contribution in [3.05, 3.63) is 64.7 Å². The number of nitrogens with zero attached hydrogens (tertiary/aromatic N) is 1. The Labute approximate surface area is 148 Å². The van der Waals surface area contributed by atoms with Gasteiger partial charge in [-0.05, 0) is 46.7 Å². The highest BCUT2D eigenvalue weighted by Crippen LogP contribution is 2.34. The standard InChI is InChI=1S/C18H16N2O4S/c21-18(19-14-3-4-16-17(8-14)24-12-23-16)20(9-13-5-7-25-11-13)10-15-2-1-6-22-15/h1-8,11H,9-10,12H2,(H,19,21). The summed E-state index contributed by atoms with van der Waals surface area (Å²) >= 11 is 1.61. The minimum Gasteiger partial charge on any atom is -0.467 e. The fourth-order valence-corrected chi connectivity index (χ4v) is 3.23. The first-order valence-corrected chi connectivity index (χ1v) is 8.71. The molecular formula is C18H16N2O4S. The van der Waals surface area contributed by atoms with E-state index < -0.39 is 0 Å². The van der Waals surface area contributed by atoms with Crippen molar-refractivity contribution in [3.63, 3.8) is 0 Å². The Morgan fingerprint density at radius 3 is 2.88 bits per heavy atom. The number of furan rings is 1. The van der Waals surface area contributed by atoms with Gasteiger partial charge in [-0.3, -0.25) is 0 Å². The van der Waals surface area contributed by atoms with Crippen LogP contribution in [-0.2, 0) is 13.1 Å². The molecule has 3 aromatic rings. The minimum absolute atomic E-state index is 0.204. The van der Waals surface area contributed by atoms with Crippen LogP contribution < -0.4 is 14.8 Å². The lowest BCUT2D eigenvalue weighted by Crippen LogP contribution is -2.33. The maximum absolute atomic E-state index is 12.8. The Hall–Kier alpha value is -2.93. The maximum Gasteiger partial charge on any atom is 0.322 e. The Morgan fingerprint density at radius 2 is 2.08 bits per heavy atom. The van der Waals surface area contributed by atoms with E-state index in [0.29, 0.717) is 30.3 Å². The van der Waals surface area contributed by atoms with Gasteiger partial charge in [0.15, 0.2) is 11.5 Å². The molecule has 0 fully saturated rings. The number of anilines is 1. The Bertz CT molecular complexity index is 810. The van der Waals surface area contributed by atoms with E-state index in [0.717, 1.165) is 11.3 Å². The van der Waals surface area contributed by atoms with Gasteiger partial charge in [0.05, 0.1) is 12.8 Å². The molecule has 0 unspecified atom stereocenters. The molecule has 4 rings (SSSR count). The minimum atomic E-state index is -0.207. The molecule has 1 aliphatic heterocycles. The van der Waals surface area contributed by atoms with Crippen molar-refractivity contribution in [2.45, 2.75) is 13.1 Å². The number of carbonyl (C=O) groups excluding carboxylic acids is 1. The number of amides is 2. The van der Waals surface area contributed by atoms with E-state index in [1.807, 2.05) is 29.0 Å². The molecule has 1 aliphatic rings. The van der Waals surface area contributed by atoms with Crippen LogP contribution in [0.15, 0.2) is 57.8 Å². The molecule has 6 nitrogen and oxygen atoms in total. The predicted octanol–water partition coefficient (Wildman–Crippen LogP) is 4.30. The quantitative estimate of drug-likeness (QED) is 0.740. The summed E-state index contributed by atoms with van der Waals surface area (Å²) in [5, 5.41) is 6.94. The van der Waals surface area contributed by atoms with E-state index in [-0.39, 0.29) is 12.8 Å². The first kappa shape index (κ1) is 15.6. The van der Waals surface area contributed by atoms with Gasteiger partial charge in [0, 0.05) is 18.3 Å². The molecule has 3 heterocycles. The molecule has 1 N–H and O–H groups in total. The van der Waals surface area contributed by atoms with Crippen molar-refractivity contribution in [1.82, 2.24) is 4.90 Å². The van der Waals surface area contributed by atoms with Crippen LogP contribution in [0.5, 0.6) is 11.5 Å². The number of ether oxygens (including phenoxy) is 2. The van der Waals surface area contributed by atoms with E-state index in [2.05, 4.69) is 5.32 Å². The molecule has 25 heavy (non-hydrogen) atoms. The molecule has 0 bridgehead atoms. The first-order chi connectivity index (χ1) is 12.3. The number of nitrogens with one attached hydrogen (secondary N) is 1. The van der Waals surface area contributed by atoms with Gasteiger partial charge < -0.3 is 24.1 Å². The third-order valence-corrected chi connectivity index (χ3v) is 4.52. The summed E-state index contributed by atoms with van der Waals surface area (Å²) in [7, 11) is 0. The first-order valence-electron chi connectivity index (χ1n) is 7.77. The number of benzene rings is 1. The molecule has 2 aromatic heterocycles. The second kappa shape index (κ2) is 6.90. The van der Waals surface area contributed by atoms with Crippen LogP contribution in [0.1, 0.15) is 11.3 Å². The van der Waals surface area contributed by atoms with Crippen molar-refractivity contribution >= 4 is 23.1 Å². The van der Waals surface area contributed by atoms with Crippen molar-refractivity contribution in [2.75, 3.05) is 12.1 Å². The number of rotatable bonds is 5. The van der Waals surface area contributed by atoms with Gasteiger partial charge in [0.2, 0.25) is 6.79 Å². The highest BCUT2D eigenvalue weighted by molar-refractivity contribution is 7.07. The molecule has 0 spiro atoms. The molecule has 2 amide bonds. The van der Waals surface area contributed by atoms with Gasteiger partial charge in [0.1, 0.15) is 5.76 Å². The van der Waals surface area contributed by atoms with Crippen molar-refractivity contribution in [2.24, 2.45) is 0 Å². The van der Waals surface area contributed by atoms with Crippen molar-refractivity contribution in [3.8, 4) is 11.5 Å². The molecule has 128 valence electrons. The summed E-state index contributed by atoms with van der Waals surface area (Å²) < 4.78 is 16.0. The highest BCUT2D eigenvalue weighted by atomic mass is 32.1. The largest absolute Gasteiger partial charge is 0.467 e. The molecule has 7 heteroatoms. The number of urea groups is 1. The zero-order chi connectivity index (χ0) is 17.1. The molecule has 0 atom stereocenters. The lowest BCUT2D eigenvalue weighted by molar-refractivity contribution is 0.174. The van der Waals surface area contributed by atoms with Gasteiger partial charge in [0.25, 0.3) is 0 Å². The molecular weight excluding hydrogens is 340 g/mol. The van der Waals surface area contributed by atoms with Crippen LogP contribution in [0.3, 0.4) is 0 Å². The fourth-order valence-electron chi connectivity index (χ4n) is 2.57. The number of thiophene rings is 1. The van der Waals surface area contributed by atoms with E-state index in [1.165, 1.54) is 0 Å². The van der Waals surface area contributed by atoms with E-state index >= 15 is 0 Å². The van der Waals surface area contributed by atoms with E-state index in [9.17, 15) is 4.79 Å². The molecule has 1 aromatic carbocycles. The molecule has 0 saturated carbocycles. The number of hydrogen-bond acceptors (Lipinski definition) is 5. The highest BCUT2D eigenvalue weighted by Gasteiger charge is 2.18. The molecule has 0 saturated heterocycles. The van der Waals surface area contributed by atoms with Gasteiger partial charge in [-0.1, -0.05) is 0 Å². The lowest BCUT2D eigenvalue weighted by atomic mass is 10.2. The third-order valence-electron chi connectivity index (χ3n) is 3.79. The van der Waals surface area contributed by atoms with Crippen molar-refractivity contribution < 1.29 is 18.7 Å². The van der Waals surface area contributed by atoms with Crippen LogP contribution in [0.2, 0.25) is 0 Å². The van der Waals surface area contributed by atoms with Gasteiger partial charge in [-0.2, -0.15) is 11.3 Å². The summed E-state index contributed by atoms with van der Waals surface area (Å²) in [5.74, 6) is 2.05. The van der Waals surface area contributed by atoms with Crippen LogP contribution in [0.25, 0.3) is 0 Å². The fraction of sp³-hybridized carbons (Fsp3) is 0.167. The summed E-state index contributed by atoms with van der Waals surface area (Å²) in [6.45, 7) is 1.09. The zero-order valence-corrected chi connectivity index (χ0v) is 14.1. The number of fused-ring (bicyclic) bond motifs is 1. The molecule has 0 radical (unpaired) electrons. The average Bonchev–Trinajstić information content (AvgIpc) is 3.36. The predicted molar refractivity (Wildman–Crippen MR) is 93.9 cm³/mol. The van der Waals surface area contributed by atoms with Crippen LogP contribution >= 0.6 is 11.3 Å². The van der Waals surface area contributed by atoms with Gasteiger partial charge in [-0.15, -0.1) is 0 Å². The maximum atomic E-state index is 12.8. The summed E-state index contributed by atoms with van der Waals surface area (Å²) in [4.78, 5) is 14.5. The summed E-state index contributed by atoms with van der Waals surface area (Å²) in [6.07, 6.45) is 1.61. The van der Waals surface area contributed by atoms with E-state index in [4.69, 9.17) is 13.9 Å². The van der Waals surface area contributed by atoms with Gasteiger partial charge >= 0.3 is 6.03 Å². The second-order valence-corrected chi connectivity index (χ2v) is 6.35.